The Hall–Kier alpha value is -2.64. The molecule has 3 N–H and O–H groups in total. The molecule has 0 aliphatic heterocycles. The van der Waals surface area contributed by atoms with Crippen LogP contribution in [-0.2, 0) is 4.79 Å². The first-order valence-electron chi connectivity index (χ1n) is 6.85. The molecule has 1 aromatic heterocycles. The fourth-order valence-corrected chi connectivity index (χ4v) is 2.11. The maximum absolute atomic E-state index is 11.8. The third-order valence-electron chi connectivity index (χ3n) is 2.95. The number of thiocarbonyl (C=S) groups is 1. The van der Waals surface area contributed by atoms with Crippen molar-refractivity contribution in [1.29, 1.82) is 0 Å². The van der Waals surface area contributed by atoms with Crippen molar-refractivity contribution in [2.75, 3.05) is 0 Å². The van der Waals surface area contributed by atoms with Crippen LogP contribution < -0.4 is 16.2 Å². The molecule has 0 aliphatic carbocycles. The number of rotatable bonds is 3. The highest BCUT2D eigenvalue weighted by atomic mass is 35.5. The molecule has 0 saturated carbocycles. The summed E-state index contributed by atoms with van der Waals surface area (Å²) in [5, 5.41) is 2.89. The number of carbonyl (C=O) groups is 2. The summed E-state index contributed by atoms with van der Waals surface area (Å²) in [4.78, 5) is 23.6. The molecule has 1 heterocycles. The Balaban J connectivity index is 1.82. The van der Waals surface area contributed by atoms with Gasteiger partial charge in [0.1, 0.15) is 5.76 Å². The maximum Gasteiger partial charge on any atom is 0.273 e. The van der Waals surface area contributed by atoms with Crippen molar-refractivity contribution >= 4 is 46.8 Å². The van der Waals surface area contributed by atoms with E-state index in [4.69, 9.17) is 28.2 Å². The van der Waals surface area contributed by atoms with E-state index in [1.54, 1.807) is 31.2 Å². The molecule has 8 heteroatoms. The Morgan fingerprint density at radius 2 is 1.96 bits per heavy atom. The van der Waals surface area contributed by atoms with Crippen molar-refractivity contribution in [3.63, 3.8) is 0 Å². The van der Waals surface area contributed by atoms with Crippen LogP contribution in [0.2, 0.25) is 5.02 Å². The van der Waals surface area contributed by atoms with E-state index in [1.165, 1.54) is 18.4 Å². The van der Waals surface area contributed by atoms with Crippen molar-refractivity contribution in [3.8, 4) is 0 Å². The smallest absolute Gasteiger partial charge is 0.273 e. The molecule has 0 unspecified atom stereocenters. The highest BCUT2D eigenvalue weighted by Gasteiger charge is 2.11. The number of aryl methyl sites for hydroxylation is 1. The predicted molar refractivity (Wildman–Crippen MR) is 95.3 cm³/mol. The average Bonchev–Trinajstić information content (AvgIpc) is 2.98. The van der Waals surface area contributed by atoms with E-state index in [0.29, 0.717) is 21.9 Å². The lowest BCUT2D eigenvalue weighted by molar-refractivity contribution is -0.115. The standard InChI is InChI=1S/C16H14ClN3O3S/c1-10-12(8-9-23-10)15(22)19-20-16(24)18-14(21)7-6-11-4-2-3-5-13(11)17/h2-9H,1H3,(H,19,22)(H2,18,20,21,24)/b7-6+. The topological polar surface area (TPSA) is 83.4 Å². The van der Waals surface area contributed by atoms with Crippen LogP contribution in [0.3, 0.4) is 0 Å². The van der Waals surface area contributed by atoms with Crippen molar-refractivity contribution in [2.45, 2.75) is 6.92 Å². The summed E-state index contributed by atoms with van der Waals surface area (Å²) in [7, 11) is 0. The molecule has 0 saturated heterocycles. The van der Waals surface area contributed by atoms with Crippen LogP contribution in [0, 0.1) is 6.92 Å². The second-order valence-electron chi connectivity index (χ2n) is 4.64. The highest BCUT2D eigenvalue weighted by Crippen LogP contribution is 2.15. The number of carbonyl (C=O) groups excluding carboxylic acids is 2. The molecule has 1 aromatic carbocycles. The lowest BCUT2D eigenvalue weighted by atomic mass is 10.2. The van der Waals surface area contributed by atoms with Gasteiger partial charge in [-0.05, 0) is 42.9 Å². The Kier molecular flexibility index (Phi) is 6.11. The summed E-state index contributed by atoms with van der Waals surface area (Å²) in [6, 6.07) is 8.63. The van der Waals surface area contributed by atoms with Gasteiger partial charge in [-0.25, -0.2) is 0 Å². The van der Waals surface area contributed by atoms with Crippen LogP contribution in [0.4, 0.5) is 0 Å². The van der Waals surface area contributed by atoms with Crippen LogP contribution >= 0.6 is 23.8 Å². The van der Waals surface area contributed by atoms with E-state index in [-0.39, 0.29) is 5.11 Å². The van der Waals surface area contributed by atoms with Gasteiger partial charge in [-0.2, -0.15) is 0 Å². The van der Waals surface area contributed by atoms with Gasteiger partial charge in [0.25, 0.3) is 5.91 Å². The molecular formula is C16H14ClN3O3S. The summed E-state index contributed by atoms with van der Waals surface area (Å²) in [6.07, 6.45) is 4.26. The third-order valence-corrected chi connectivity index (χ3v) is 3.50. The first-order chi connectivity index (χ1) is 11.5. The SMILES string of the molecule is Cc1occc1C(=O)NNC(=S)NC(=O)/C=C/c1ccccc1Cl. The van der Waals surface area contributed by atoms with Crippen LogP contribution in [0.5, 0.6) is 0 Å². The first-order valence-corrected chi connectivity index (χ1v) is 7.64. The van der Waals surface area contributed by atoms with Crippen molar-refractivity contribution in [3.05, 3.63) is 64.6 Å². The molecule has 124 valence electrons. The number of hydrogen-bond donors (Lipinski definition) is 3. The monoisotopic (exact) mass is 363 g/mol. The second-order valence-corrected chi connectivity index (χ2v) is 5.46. The zero-order valence-electron chi connectivity index (χ0n) is 12.6. The number of amides is 2. The highest BCUT2D eigenvalue weighted by molar-refractivity contribution is 7.80. The van der Waals surface area contributed by atoms with Crippen molar-refractivity contribution < 1.29 is 14.0 Å². The van der Waals surface area contributed by atoms with E-state index < -0.39 is 11.8 Å². The van der Waals surface area contributed by atoms with Gasteiger partial charge < -0.3 is 4.42 Å². The molecular weight excluding hydrogens is 350 g/mol. The minimum absolute atomic E-state index is 0.0432. The van der Waals surface area contributed by atoms with E-state index in [9.17, 15) is 9.59 Å². The fraction of sp³-hybridized carbons (Fsp3) is 0.0625. The van der Waals surface area contributed by atoms with Crippen molar-refractivity contribution in [2.24, 2.45) is 0 Å². The van der Waals surface area contributed by atoms with Gasteiger partial charge in [-0.1, -0.05) is 29.8 Å². The largest absolute Gasteiger partial charge is 0.469 e. The average molecular weight is 364 g/mol. The first kappa shape index (κ1) is 17.7. The van der Waals surface area contributed by atoms with Crippen LogP contribution in [0.25, 0.3) is 6.08 Å². The van der Waals surface area contributed by atoms with E-state index >= 15 is 0 Å². The summed E-state index contributed by atoms with van der Waals surface area (Å²) >= 11 is 10.9. The molecule has 0 aliphatic rings. The zero-order chi connectivity index (χ0) is 17.5. The summed E-state index contributed by atoms with van der Waals surface area (Å²) in [5.74, 6) is -0.405. The van der Waals surface area contributed by atoms with Gasteiger partial charge in [0.2, 0.25) is 5.91 Å². The van der Waals surface area contributed by atoms with Gasteiger partial charge in [0.05, 0.1) is 11.8 Å². The van der Waals surface area contributed by atoms with Gasteiger partial charge in [0, 0.05) is 11.1 Å². The third kappa shape index (κ3) is 4.94. The van der Waals surface area contributed by atoms with Gasteiger partial charge >= 0.3 is 0 Å². The molecule has 0 radical (unpaired) electrons. The van der Waals surface area contributed by atoms with Crippen LogP contribution in [0.15, 0.2) is 47.1 Å². The number of hydrogen-bond acceptors (Lipinski definition) is 4. The van der Waals surface area contributed by atoms with Crippen LogP contribution in [0.1, 0.15) is 21.7 Å². The number of halogens is 1. The second kappa shape index (κ2) is 8.28. The van der Waals surface area contributed by atoms with E-state index in [2.05, 4.69) is 16.2 Å². The Bertz CT molecular complexity index is 801. The Morgan fingerprint density at radius 1 is 1.21 bits per heavy atom. The normalized spacial score (nSPS) is 10.4. The number of hydrazine groups is 1. The molecule has 6 nitrogen and oxygen atoms in total. The number of benzene rings is 1. The molecule has 2 rings (SSSR count). The molecule has 0 bridgehead atoms. The molecule has 0 atom stereocenters. The van der Waals surface area contributed by atoms with Gasteiger partial charge in [-0.3, -0.25) is 25.8 Å². The Morgan fingerprint density at radius 3 is 2.62 bits per heavy atom. The van der Waals surface area contributed by atoms with E-state index in [0.717, 1.165) is 0 Å². The molecule has 2 amide bonds. The van der Waals surface area contributed by atoms with Gasteiger partial charge in [-0.15, -0.1) is 0 Å². The summed E-state index contributed by atoms with van der Waals surface area (Å²) < 4.78 is 5.03. The predicted octanol–water partition coefficient (Wildman–Crippen LogP) is 2.59. The molecule has 24 heavy (non-hydrogen) atoms. The summed E-state index contributed by atoms with van der Waals surface area (Å²) in [5.41, 5.74) is 5.88. The van der Waals surface area contributed by atoms with Gasteiger partial charge in [0.15, 0.2) is 5.11 Å². The molecule has 0 spiro atoms. The minimum Gasteiger partial charge on any atom is -0.469 e. The quantitative estimate of drug-likeness (QED) is 0.443. The number of furan rings is 1. The lowest BCUT2D eigenvalue weighted by Gasteiger charge is -2.09. The maximum atomic E-state index is 11.8. The Labute approximate surface area is 148 Å². The van der Waals surface area contributed by atoms with Crippen LogP contribution in [-0.4, -0.2) is 16.9 Å². The molecule has 0 fully saturated rings. The number of nitrogens with one attached hydrogen (secondary N) is 3. The van der Waals surface area contributed by atoms with E-state index in [1.807, 2.05) is 6.07 Å². The van der Waals surface area contributed by atoms with Crippen molar-refractivity contribution in [1.82, 2.24) is 16.2 Å². The zero-order valence-corrected chi connectivity index (χ0v) is 14.2. The minimum atomic E-state index is -0.457. The summed E-state index contributed by atoms with van der Waals surface area (Å²) in [6.45, 7) is 1.66. The fourth-order valence-electron chi connectivity index (χ4n) is 1.76. The lowest BCUT2D eigenvalue weighted by Crippen LogP contribution is -2.48. The molecule has 2 aromatic rings.